The number of ether oxygens (including phenoxy) is 2. The van der Waals surface area contributed by atoms with E-state index in [4.69, 9.17) is 9.47 Å². The van der Waals surface area contributed by atoms with Crippen molar-refractivity contribution < 1.29 is 14.6 Å². The summed E-state index contributed by atoms with van der Waals surface area (Å²) in [6.07, 6.45) is 3.67. The Hall–Kier alpha value is -2.07. The Morgan fingerprint density at radius 3 is 2.76 bits per heavy atom. The Morgan fingerprint density at radius 2 is 2.00 bits per heavy atom. The normalized spacial score (nSPS) is 20.7. The van der Waals surface area contributed by atoms with Gasteiger partial charge in [0.05, 0.1) is 14.2 Å². The first kappa shape index (κ1) is 13.9. The topological polar surface area (TPSA) is 51.6 Å². The van der Waals surface area contributed by atoms with Crippen LogP contribution < -0.4 is 9.47 Å². The fraction of sp³-hybridized carbons (Fsp3) is 0.353. The van der Waals surface area contributed by atoms with Crippen molar-refractivity contribution in [3.8, 4) is 11.5 Å². The number of methoxy groups -OCH3 is 2. The summed E-state index contributed by atoms with van der Waals surface area (Å²) in [7, 11) is 3.25. The zero-order valence-electron chi connectivity index (χ0n) is 12.3. The van der Waals surface area contributed by atoms with Gasteiger partial charge in [0.25, 0.3) is 0 Å². The van der Waals surface area contributed by atoms with Crippen LogP contribution in [0.25, 0.3) is 0 Å². The van der Waals surface area contributed by atoms with Crippen LogP contribution in [0.1, 0.15) is 23.2 Å². The Morgan fingerprint density at radius 1 is 1.14 bits per heavy atom. The minimum Gasteiger partial charge on any atom is -0.497 e. The summed E-state index contributed by atoms with van der Waals surface area (Å²) < 4.78 is 10.6. The van der Waals surface area contributed by atoms with Gasteiger partial charge in [0.15, 0.2) is 0 Å². The van der Waals surface area contributed by atoms with Gasteiger partial charge in [-0.3, -0.25) is 4.98 Å². The van der Waals surface area contributed by atoms with Gasteiger partial charge in [-0.25, -0.2) is 0 Å². The van der Waals surface area contributed by atoms with Gasteiger partial charge in [-0.15, -0.1) is 0 Å². The van der Waals surface area contributed by atoms with Crippen LogP contribution in [-0.2, 0) is 18.4 Å². The summed E-state index contributed by atoms with van der Waals surface area (Å²) in [5, 5.41) is 11.1. The van der Waals surface area contributed by atoms with Crippen LogP contribution in [0.15, 0.2) is 36.5 Å². The highest BCUT2D eigenvalue weighted by Gasteiger charge is 2.37. The number of aromatic nitrogens is 1. The van der Waals surface area contributed by atoms with E-state index >= 15 is 0 Å². The van der Waals surface area contributed by atoms with E-state index in [9.17, 15) is 5.11 Å². The molecule has 0 amide bonds. The first-order valence-electron chi connectivity index (χ1n) is 7.04. The third kappa shape index (κ3) is 2.47. The number of rotatable bonds is 3. The zero-order valence-corrected chi connectivity index (χ0v) is 12.3. The van der Waals surface area contributed by atoms with Gasteiger partial charge in [-0.05, 0) is 48.2 Å². The van der Waals surface area contributed by atoms with E-state index in [2.05, 4.69) is 11.1 Å². The second-order valence-electron chi connectivity index (χ2n) is 5.40. The van der Waals surface area contributed by atoms with Gasteiger partial charge in [0.1, 0.15) is 22.8 Å². The minimum atomic E-state index is -0.994. The summed E-state index contributed by atoms with van der Waals surface area (Å²) >= 11 is 0. The maximum Gasteiger partial charge on any atom is 0.143 e. The molecule has 1 aliphatic rings. The molecule has 0 aliphatic heterocycles. The van der Waals surface area contributed by atoms with E-state index in [1.54, 1.807) is 20.4 Å². The van der Waals surface area contributed by atoms with Crippen LogP contribution in [0.4, 0.5) is 0 Å². The summed E-state index contributed by atoms with van der Waals surface area (Å²) in [5.41, 5.74) is 1.98. The van der Waals surface area contributed by atoms with E-state index < -0.39 is 5.60 Å². The second kappa shape index (κ2) is 5.37. The lowest BCUT2D eigenvalue weighted by Crippen LogP contribution is -2.34. The highest BCUT2D eigenvalue weighted by atomic mass is 16.5. The first-order valence-corrected chi connectivity index (χ1v) is 7.04. The molecule has 0 saturated heterocycles. The van der Waals surface area contributed by atoms with Gasteiger partial charge in [0.2, 0.25) is 0 Å². The van der Waals surface area contributed by atoms with Gasteiger partial charge < -0.3 is 14.6 Å². The number of aryl methyl sites for hydroxylation is 1. The van der Waals surface area contributed by atoms with E-state index in [0.717, 1.165) is 17.7 Å². The number of benzene rings is 1. The third-order valence-corrected chi connectivity index (χ3v) is 4.14. The molecule has 0 fully saturated rings. The third-order valence-electron chi connectivity index (χ3n) is 4.14. The predicted octanol–water partition coefficient (Wildman–Crippen LogP) is 2.48. The molecule has 1 unspecified atom stereocenters. The molecule has 110 valence electrons. The van der Waals surface area contributed by atoms with Crippen molar-refractivity contribution in [1.29, 1.82) is 0 Å². The van der Waals surface area contributed by atoms with Crippen molar-refractivity contribution >= 4 is 0 Å². The van der Waals surface area contributed by atoms with Gasteiger partial charge in [0, 0.05) is 12.6 Å². The zero-order chi connectivity index (χ0) is 14.9. The molecular formula is C17H19NO3. The second-order valence-corrected chi connectivity index (χ2v) is 5.40. The van der Waals surface area contributed by atoms with Gasteiger partial charge >= 0.3 is 0 Å². The molecule has 21 heavy (non-hydrogen) atoms. The molecule has 0 saturated carbocycles. The lowest BCUT2D eigenvalue weighted by molar-refractivity contribution is 0.0155. The molecule has 0 bridgehead atoms. The average molecular weight is 285 g/mol. The predicted molar refractivity (Wildman–Crippen MR) is 79.7 cm³/mol. The molecule has 1 aromatic heterocycles. The maximum absolute atomic E-state index is 11.1. The number of aliphatic hydroxyl groups is 1. The Labute approximate surface area is 124 Å². The summed E-state index contributed by atoms with van der Waals surface area (Å²) in [6, 6.07) is 9.68. The minimum absolute atomic E-state index is 0.521. The molecule has 1 heterocycles. The summed E-state index contributed by atoms with van der Waals surface area (Å²) in [4.78, 5) is 4.35. The lowest BCUT2D eigenvalue weighted by atomic mass is 9.78. The summed E-state index contributed by atoms with van der Waals surface area (Å²) in [6.45, 7) is 0. The van der Waals surface area contributed by atoms with Crippen molar-refractivity contribution in [3.63, 3.8) is 0 Å². The van der Waals surface area contributed by atoms with Gasteiger partial charge in [-0.2, -0.15) is 0 Å². The Balaban J connectivity index is 2.00. The Bertz CT molecular complexity index is 656. The highest BCUT2D eigenvalue weighted by Crippen LogP contribution is 2.39. The van der Waals surface area contributed by atoms with E-state index in [-0.39, 0.29) is 0 Å². The molecule has 3 rings (SSSR count). The average Bonchev–Trinajstić information content (AvgIpc) is 2.54. The molecule has 2 aromatic rings. The largest absolute Gasteiger partial charge is 0.497 e. The van der Waals surface area contributed by atoms with E-state index in [1.807, 2.05) is 24.3 Å². The maximum atomic E-state index is 11.1. The number of hydrogen-bond acceptors (Lipinski definition) is 4. The number of fused-ring (bicyclic) bond motifs is 1. The number of hydrogen-bond donors (Lipinski definition) is 1. The van der Waals surface area contributed by atoms with Crippen molar-refractivity contribution in [2.24, 2.45) is 0 Å². The van der Waals surface area contributed by atoms with Crippen LogP contribution in [-0.4, -0.2) is 24.3 Å². The highest BCUT2D eigenvalue weighted by molar-refractivity contribution is 5.42. The number of nitrogens with zero attached hydrogens (tertiary/aromatic N) is 1. The molecule has 1 aromatic carbocycles. The molecule has 1 N–H and O–H groups in total. The fourth-order valence-corrected chi connectivity index (χ4v) is 2.99. The molecule has 4 heteroatoms. The first-order chi connectivity index (χ1) is 10.2. The molecule has 4 nitrogen and oxygen atoms in total. The van der Waals surface area contributed by atoms with Crippen LogP contribution in [0.2, 0.25) is 0 Å². The SMILES string of the molecule is COc1ccc2c(c1)CC(O)(c1ncccc1OC)CC2. The van der Waals surface area contributed by atoms with Crippen LogP contribution >= 0.6 is 0 Å². The monoisotopic (exact) mass is 285 g/mol. The smallest absolute Gasteiger partial charge is 0.143 e. The van der Waals surface area contributed by atoms with Gasteiger partial charge in [-0.1, -0.05) is 6.07 Å². The van der Waals surface area contributed by atoms with Crippen LogP contribution in [0.5, 0.6) is 11.5 Å². The van der Waals surface area contributed by atoms with Crippen molar-refractivity contribution in [2.75, 3.05) is 14.2 Å². The van der Waals surface area contributed by atoms with Crippen molar-refractivity contribution in [3.05, 3.63) is 53.3 Å². The molecule has 0 radical (unpaired) electrons. The quantitative estimate of drug-likeness (QED) is 0.941. The fourth-order valence-electron chi connectivity index (χ4n) is 2.99. The Kier molecular flexibility index (Phi) is 3.55. The lowest BCUT2D eigenvalue weighted by Gasteiger charge is -2.34. The van der Waals surface area contributed by atoms with E-state index in [0.29, 0.717) is 24.3 Å². The molecule has 1 atom stereocenters. The molecular weight excluding hydrogens is 266 g/mol. The van der Waals surface area contributed by atoms with Crippen molar-refractivity contribution in [1.82, 2.24) is 4.98 Å². The standard InChI is InChI=1S/C17H19NO3/c1-20-14-6-5-12-7-8-17(19,11-13(12)10-14)16-15(21-2)4-3-9-18-16/h3-6,9-10,19H,7-8,11H2,1-2H3. The molecule has 0 spiro atoms. The number of pyridine rings is 1. The van der Waals surface area contributed by atoms with Crippen LogP contribution in [0.3, 0.4) is 0 Å². The van der Waals surface area contributed by atoms with Crippen LogP contribution in [0, 0.1) is 0 Å². The van der Waals surface area contributed by atoms with E-state index in [1.165, 1.54) is 5.56 Å². The van der Waals surface area contributed by atoms with Crippen molar-refractivity contribution in [2.45, 2.75) is 24.9 Å². The molecule has 1 aliphatic carbocycles. The summed E-state index contributed by atoms with van der Waals surface area (Å²) in [5.74, 6) is 1.44.